The first kappa shape index (κ1) is 19.5. The maximum atomic E-state index is 13.1. The Bertz CT molecular complexity index is 1070. The number of hydrogen-bond acceptors (Lipinski definition) is 2. The van der Waals surface area contributed by atoms with Crippen molar-refractivity contribution in [3.8, 4) is 0 Å². The summed E-state index contributed by atoms with van der Waals surface area (Å²) < 4.78 is 0.973. The lowest BCUT2D eigenvalue weighted by Gasteiger charge is -2.27. The Morgan fingerprint density at radius 2 is 1.41 bits per heavy atom. The number of halogens is 1. The number of carbonyl (C=O) groups excluding carboxylic acids is 1. The molecule has 1 N–H and O–H groups in total. The third kappa shape index (κ3) is 3.85. The van der Waals surface area contributed by atoms with Crippen LogP contribution in [0.3, 0.4) is 0 Å². The molecule has 3 aromatic carbocycles. The lowest BCUT2D eigenvalue weighted by Crippen LogP contribution is -2.29. The molecule has 4 rings (SSSR count). The van der Waals surface area contributed by atoms with Gasteiger partial charge in [0.05, 0.1) is 6.04 Å². The van der Waals surface area contributed by atoms with Gasteiger partial charge in [-0.1, -0.05) is 87.7 Å². The monoisotopic (exact) mass is 447 g/mol. The highest BCUT2D eigenvalue weighted by Gasteiger charge is 2.40. The molecule has 1 atom stereocenters. The standard InChI is InChI=1S/C25H22BrNO2/c1-16-3-7-18(8-4-16)15-27-23(20-11-13-21(26)14-12-20)22(24(28)25(27)29)19-9-5-17(2)6-10-19/h3-14,23,28H,15H2,1-2H3/t23-/m1/s1. The number of amides is 1. The molecule has 0 unspecified atom stereocenters. The van der Waals surface area contributed by atoms with Gasteiger partial charge >= 0.3 is 0 Å². The summed E-state index contributed by atoms with van der Waals surface area (Å²) in [7, 11) is 0. The van der Waals surface area contributed by atoms with Crippen LogP contribution >= 0.6 is 15.9 Å². The van der Waals surface area contributed by atoms with Crippen molar-refractivity contribution in [1.29, 1.82) is 0 Å². The van der Waals surface area contributed by atoms with Crippen LogP contribution in [0.2, 0.25) is 0 Å². The van der Waals surface area contributed by atoms with E-state index < -0.39 is 0 Å². The molecule has 1 aliphatic heterocycles. The van der Waals surface area contributed by atoms with E-state index in [1.54, 1.807) is 4.90 Å². The summed E-state index contributed by atoms with van der Waals surface area (Å²) in [6, 6.07) is 23.7. The van der Waals surface area contributed by atoms with Crippen LogP contribution in [0.25, 0.3) is 5.57 Å². The third-order valence-electron chi connectivity index (χ3n) is 5.33. The maximum absolute atomic E-state index is 13.1. The smallest absolute Gasteiger partial charge is 0.290 e. The van der Waals surface area contributed by atoms with Gasteiger partial charge in [-0.15, -0.1) is 0 Å². The SMILES string of the molecule is Cc1ccc(CN2C(=O)C(O)=C(c3ccc(C)cc3)[C@H]2c2ccc(Br)cc2)cc1. The molecule has 0 radical (unpaired) electrons. The van der Waals surface area contributed by atoms with Crippen molar-refractivity contribution < 1.29 is 9.90 Å². The Morgan fingerprint density at radius 1 is 0.862 bits per heavy atom. The van der Waals surface area contributed by atoms with E-state index in [0.29, 0.717) is 12.1 Å². The molecule has 0 aliphatic carbocycles. The first-order chi connectivity index (χ1) is 13.9. The van der Waals surface area contributed by atoms with E-state index in [1.165, 1.54) is 5.56 Å². The van der Waals surface area contributed by atoms with Crippen molar-refractivity contribution in [3.63, 3.8) is 0 Å². The predicted molar refractivity (Wildman–Crippen MR) is 119 cm³/mol. The fourth-order valence-corrected chi connectivity index (χ4v) is 3.99. The summed E-state index contributed by atoms with van der Waals surface area (Å²) >= 11 is 3.48. The second-order valence-electron chi connectivity index (χ2n) is 7.50. The van der Waals surface area contributed by atoms with Crippen molar-refractivity contribution in [1.82, 2.24) is 4.90 Å². The molecular formula is C25H22BrNO2. The van der Waals surface area contributed by atoms with E-state index in [0.717, 1.165) is 26.7 Å². The predicted octanol–water partition coefficient (Wildman–Crippen LogP) is 6.12. The highest BCUT2D eigenvalue weighted by atomic mass is 79.9. The van der Waals surface area contributed by atoms with Gasteiger partial charge in [-0.05, 0) is 42.7 Å². The molecule has 0 spiro atoms. The van der Waals surface area contributed by atoms with Crippen LogP contribution in [0, 0.1) is 13.8 Å². The molecule has 3 aromatic rings. The quantitative estimate of drug-likeness (QED) is 0.523. The van der Waals surface area contributed by atoms with Crippen molar-refractivity contribution in [2.45, 2.75) is 26.4 Å². The molecule has 4 heteroatoms. The maximum Gasteiger partial charge on any atom is 0.290 e. The average molecular weight is 448 g/mol. The van der Waals surface area contributed by atoms with Crippen LogP contribution in [-0.4, -0.2) is 15.9 Å². The first-order valence-electron chi connectivity index (χ1n) is 9.56. The number of benzene rings is 3. The largest absolute Gasteiger partial charge is 0.503 e. The van der Waals surface area contributed by atoms with Gasteiger partial charge in [0.1, 0.15) is 0 Å². The molecule has 29 heavy (non-hydrogen) atoms. The second-order valence-corrected chi connectivity index (χ2v) is 8.42. The van der Waals surface area contributed by atoms with Gasteiger partial charge < -0.3 is 10.0 Å². The summed E-state index contributed by atoms with van der Waals surface area (Å²) in [6.07, 6.45) is 0. The molecule has 0 saturated heterocycles. The van der Waals surface area contributed by atoms with Gasteiger partial charge in [0, 0.05) is 16.6 Å². The van der Waals surface area contributed by atoms with E-state index in [-0.39, 0.29) is 17.7 Å². The van der Waals surface area contributed by atoms with E-state index in [1.807, 2.05) is 86.6 Å². The normalized spacial score (nSPS) is 16.6. The number of carbonyl (C=O) groups is 1. The third-order valence-corrected chi connectivity index (χ3v) is 5.85. The van der Waals surface area contributed by atoms with E-state index in [4.69, 9.17) is 0 Å². The molecule has 146 valence electrons. The zero-order chi connectivity index (χ0) is 20.5. The fourth-order valence-electron chi connectivity index (χ4n) is 3.73. The highest BCUT2D eigenvalue weighted by Crippen LogP contribution is 2.44. The molecule has 0 bridgehead atoms. The number of rotatable bonds is 4. The number of aryl methyl sites for hydroxylation is 2. The Balaban J connectivity index is 1.80. The van der Waals surface area contributed by atoms with Crippen molar-refractivity contribution in [2.75, 3.05) is 0 Å². The van der Waals surface area contributed by atoms with Gasteiger partial charge in [0.25, 0.3) is 5.91 Å². The van der Waals surface area contributed by atoms with Crippen LogP contribution in [0.4, 0.5) is 0 Å². The minimum absolute atomic E-state index is 0.172. The van der Waals surface area contributed by atoms with Gasteiger partial charge in [0.2, 0.25) is 0 Å². The van der Waals surface area contributed by atoms with Gasteiger partial charge in [-0.2, -0.15) is 0 Å². The second kappa shape index (κ2) is 7.88. The summed E-state index contributed by atoms with van der Waals surface area (Å²) in [6.45, 7) is 4.49. The zero-order valence-corrected chi connectivity index (χ0v) is 18.0. The summed E-state index contributed by atoms with van der Waals surface area (Å²) in [5.41, 5.74) is 5.82. The number of aliphatic hydroxyl groups is 1. The highest BCUT2D eigenvalue weighted by molar-refractivity contribution is 9.10. The molecule has 1 amide bonds. The van der Waals surface area contributed by atoms with Crippen LogP contribution < -0.4 is 0 Å². The van der Waals surface area contributed by atoms with Crippen LogP contribution in [-0.2, 0) is 11.3 Å². The average Bonchev–Trinajstić information content (AvgIpc) is 2.96. The summed E-state index contributed by atoms with van der Waals surface area (Å²) in [5.74, 6) is -0.511. The Kier molecular flexibility index (Phi) is 5.29. The summed E-state index contributed by atoms with van der Waals surface area (Å²) in [4.78, 5) is 14.8. The van der Waals surface area contributed by atoms with E-state index in [9.17, 15) is 9.90 Å². The van der Waals surface area contributed by atoms with Crippen LogP contribution in [0.5, 0.6) is 0 Å². The summed E-state index contributed by atoms with van der Waals surface area (Å²) in [5, 5.41) is 10.8. The lowest BCUT2D eigenvalue weighted by atomic mass is 9.93. The Morgan fingerprint density at radius 3 is 2.00 bits per heavy atom. The fraction of sp³-hybridized carbons (Fsp3) is 0.160. The Hall–Kier alpha value is -2.85. The van der Waals surface area contributed by atoms with Crippen LogP contribution in [0.15, 0.2) is 83.0 Å². The zero-order valence-electron chi connectivity index (χ0n) is 16.4. The number of hydrogen-bond donors (Lipinski definition) is 1. The van der Waals surface area contributed by atoms with Crippen LogP contribution in [0.1, 0.15) is 33.9 Å². The number of nitrogens with zero attached hydrogens (tertiary/aromatic N) is 1. The van der Waals surface area contributed by atoms with Crippen molar-refractivity contribution in [2.24, 2.45) is 0 Å². The molecular weight excluding hydrogens is 426 g/mol. The van der Waals surface area contributed by atoms with E-state index >= 15 is 0 Å². The molecule has 0 saturated carbocycles. The first-order valence-corrected chi connectivity index (χ1v) is 10.4. The van der Waals surface area contributed by atoms with Crippen molar-refractivity contribution in [3.05, 3.63) is 111 Å². The molecule has 3 nitrogen and oxygen atoms in total. The minimum atomic E-state index is -0.348. The molecule has 1 aliphatic rings. The Labute approximate surface area is 179 Å². The van der Waals surface area contributed by atoms with Gasteiger partial charge in [-0.25, -0.2) is 0 Å². The minimum Gasteiger partial charge on any atom is -0.503 e. The molecule has 0 fully saturated rings. The topological polar surface area (TPSA) is 40.5 Å². The van der Waals surface area contributed by atoms with E-state index in [2.05, 4.69) is 15.9 Å². The molecule has 0 aromatic heterocycles. The van der Waals surface area contributed by atoms with Gasteiger partial charge in [-0.3, -0.25) is 4.79 Å². The lowest BCUT2D eigenvalue weighted by molar-refractivity contribution is -0.130. The van der Waals surface area contributed by atoms with Gasteiger partial charge in [0.15, 0.2) is 5.76 Å². The molecule has 1 heterocycles. The number of aliphatic hydroxyl groups excluding tert-OH is 1. The van der Waals surface area contributed by atoms with Crippen molar-refractivity contribution >= 4 is 27.4 Å².